The van der Waals surface area contributed by atoms with Crippen molar-refractivity contribution in [1.29, 1.82) is 0 Å². The number of allylic oxidation sites excluding steroid dienone is 1. The van der Waals surface area contributed by atoms with E-state index in [1.165, 1.54) is 13.0 Å². The number of carboxylic acid groups (broad SMARTS) is 2. The summed E-state index contributed by atoms with van der Waals surface area (Å²) in [6.45, 7) is 1.25. The first-order valence-corrected chi connectivity index (χ1v) is 4.97. The molecule has 2 N–H and O–H groups in total. The van der Waals surface area contributed by atoms with Crippen molar-refractivity contribution in [3.05, 3.63) is 23.4 Å². The van der Waals surface area contributed by atoms with E-state index >= 15 is 0 Å². The van der Waals surface area contributed by atoms with E-state index in [0.717, 1.165) is 18.2 Å². The van der Waals surface area contributed by atoms with Crippen LogP contribution in [0.25, 0.3) is 0 Å². The van der Waals surface area contributed by atoms with Crippen molar-refractivity contribution in [2.45, 2.75) is 12.5 Å². The van der Waals surface area contributed by atoms with Gasteiger partial charge in [-0.05, 0) is 12.2 Å². The summed E-state index contributed by atoms with van der Waals surface area (Å²) in [5, 5.41) is 18.2. The summed E-state index contributed by atoms with van der Waals surface area (Å²) in [6, 6.07) is 0. The third kappa shape index (κ3) is 2.26. The highest BCUT2D eigenvalue weighted by molar-refractivity contribution is 5.94. The van der Waals surface area contributed by atoms with Crippen LogP contribution >= 0.6 is 0 Å². The molecule has 0 radical (unpaired) electrons. The fraction of sp³-hybridized carbons (Fsp3) is 0.273. The Hall–Kier alpha value is -2.82. The predicted octanol–water partition coefficient (Wildman–Crippen LogP) is 0.0260. The van der Waals surface area contributed by atoms with Crippen LogP contribution in [0.15, 0.2) is 33.4 Å². The number of carbonyl (C=O) groups is 2. The van der Waals surface area contributed by atoms with Gasteiger partial charge in [-0.15, -0.1) is 0 Å². The predicted molar refractivity (Wildman–Crippen MR) is 59.6 cm³/mol. The molecule has 98 valence electrons. The zero-order valence-corrected chi connectivity index (χ0v) is 9.65. The molecule has 2 unspecified atom stereocenters. The highest BCUT2D eigenvalue weighted by atomic mass is 16.4. The van der Waals surface area contributed by atoms with E-state index in [2.05, 4.69) is 9.98 Å². The maximum absolute atomic E-state index is 11.3. The molecule has 0 heterocycles. The van der Waals surface area contributed by atoms with Crippen LogP contribution in [0.1, 0.15) is 6.92 Å². The van der Waals surface area contributed by atoms with Gasteiger partial charge in [0.15, 0.2) is 5.54 Å². The lowest BCUT2D eigenvalue weighted by Crippen LogP contribution is -2.45. The number of aliphatic imine (C=N–C) groups is 2. The number of carbonyl (C=O) groups excluding carboxylic acids is 2. The van der Waals surface area contributed by atoms with Crippen LogP contribution in [0, 0.1) is 5.92 Å². The molecule has 2 atom stereocenters. The number of hydrogen-bond donors (Lipinski definition) is 2. The average molecular weight is 264 g/mol. The topological polar surface area (TPSA) is 133 Å². The maximum Gasteiger partial charge on any atom is 0.337 e. The van der Waals surface area contributed by atoms with E-state index in [1.54, 1.807) is 0 Å². The Morgan fingerprint density at radius 3 is 2.37 bits per heavy atom. The van der Waals surface area contributed by atoms with Gasteiger partial charge in [-0.1, -0.05) is 6.92 Å². The molecule has 0 fully saturated rings. The quantitative estimate of drug-likeness (QED) is 0.543. The number of rotatable bonds is 4. The molecule has 0 bridgehead atoms. The van der Waals surface area contributed by atoms with Gasteiger partial charge < -0.3 is 10.2 Å². The largest absolute Gasteiger partial charge is 0.479 e. The summed E-state index contributed by atoms with van der Waals surface area (Å²) in [5.41, 5.74) is -2.74. The molecule has 0 saturated heterocycles. The summed E-state index contributed by atoms with van der Waals surface area (Å²) in [7, 11) is 0. The van der Waals surface area contributed by atoms with Crippen LogP contribution < -0.4 is 0 Å². The Balaban J connectivity index is 3.56. The van der Waals surface area contributed by atoms with Crippen molar-refractivity contribution < 1.29 is 29.4 Å². The van der Waals surface area contributed by atoms with Crippen molar-refractivity contribution in [2.75, 3.05) is 0 Å². The van der Waals surface area contributed by atoms with Crippen LogP contribution in [0.2, 0.25) is 0 Å². The lowest BCUT2D eigenvalue weighted by Gasteiger charge is -2.30. The van der Waals surface area contributed by atoms with Gasteiger partial charge in [0.1, 0.15) is 0 Å². The van der Waals surface area contributed by atoms with Crippen molar-refractivity contribution in [2.24, 2.45) is 15.9 Å². The first-order chi connectivity index (χ1) is 8.90. The molecule has 0 aliphatic heterocycles. The first kappa shape index (κ1) is 14.2. The molecule has 8 heteroatoms. The number of isocyanates is 2. The lowest BCUT2D eigenvalue weighted by molar-refractivity contribution is -0.143. The van der Waals surface area contributed by atoms with Gasteiger partial charge in [0.05, 0.1) is 11.3 Å². The molecule has 19 heavy (non-hydrogen) atoms. The van der Waals surface area contributed by atoms with Gasteiger partial charge in [0.2, 0.25) is 12.2 Å². The molecular formula is C11H8N2O6. The van der Waals surface area contributed by atoms with Gasteiger partial charge in [-0.2, -0.15) is 9.98 Å². The summed E-state index contributed by atoms with van der Waals surface area (Å²) < 4.78 is 0. The van der Waals surface area contributed by atoms with Crippen LogP contribution in [-0.2, 0) is 19.2 Å². The molecule has 0 aromatic carbocycles. The molecule has 0 spiro atoms. The second kappa shape index (κ2) is 5.22. The Morgan fingerprint density at radius 2 is 1.95 bits per heavy atom. The van der Waals surface area contributed by atoms with Crippen molar-refractivity contribution in [3.63, 3.8) is 0 Å². The zero-order valence-electron chi connectivity index (χ0n) is 9.65. The maximum atomic E-state index is 11.3. The molecule has 1 aliphatic carbocycles. The molecule has 8 nitrogen and oxygen atoms in total. The van der Waals surface area contributed by atoms with E-state index in [9.17, 15) is 19.2 Å². The van der Waals surface area contributed by atoms with Crippen LogP contribution in [0.4, 0.5) is 0 Å². The van der Waals surface area contributed by atoms with Gasteiger partial charge >= 0.3 is 11.9 Å². The highest BCUT2D eigenvalue weighted by Crippen LogP contribution is 2.36. The monoisotopic (exact) mass is 264 g/mol. The zero-order chi connectivity index (χ0) is 14.6. The number of aliphatic carboxylic acids is 2. The number of hydrogen-bond acceptors (Lipinski definition) is 6. The fourth-order valence-electron chi connectivity index (χ4n) is 1.84. The van der Waals surface area contributed by atoms with Gasteiger partial charge in [0.25, 0.3) is 0 Å². The van der Waals surface area contributed by atoms with Crippen LogP contribution in [-0.4, -0.2) is 39.9 Å². The van der Waals surface area contributed by atoms with Crippen molar-refractivity contribution in [1.82, 2.24) is 0 Å². The minimum absolute atomic E-state index is 0.229. The van der Waals surface area contributed by atoms with E-state index < -0.39 is 29.0 Å². The third-order valence-corrected chi connectivity index (χ3v) is 2.83. The summed E-state index contributed by atoms with van der Waals surface area (Å²) in [4.78, 5) is 49.4. The molecule has 1 rings (SSSR count). The molecule has 1 aliphatic rings. The van der Waals surface area contributed by atoms with Crippen LogP contribution in [0.5, 0.6) is 0 Å². The van der Waals surface area contributed by atoms with Crippen molar-refractivity contribution >= 4 is 24.1 Å². The van der Waals surface area contributed by atoms with Gasteiger partial charge in [0, 0.05) is 5.92 Å². The summed E-state index contributed by atoms with van der Waals surface area (Å²) >= 11 is 0. The Labute approximate surface area is 106 Å². The second-order valence-corrected chi connectivity index (χ2v) is 3.70. The summed E-state index contributed by atoms with van der Waals surface area (Å²) in [5.74, 6) is -4.17. The third-order valence-electron chi connectivity index (χ3n) is 2.83. The molecular weight excluding hydrogens is 256 g/mol. The van der Waals surface area contributed by atoms with E-state index in [0.29, 0.717) is 0 Å². The molecule has 0 aromatic heterocycles. The summed E-state index contributed by atoms with van der Waals surface area (Å²) in [6.07, 6.45) is 4.29. The molecule has 0 saturated carbocycles. The van der Waals surface area contributed by atoms with Crippen LogP contribution in [0.3, 0.4) is 0 Å². The number of nitrogens with zero attached hydrogens (tertiary/aromatic N) is 2. The Bertz CT molecular complexity index is 588. The Kier molecular flexibility index (Phi) is 3.91. The minimum Gasteiger partial charge on any atom is -0.479 e. The Morgan fingerprint density at radius 1 is 1.32 bits per heavy atom. The van der Waals surface area contributed by atoms with Gasteiger partial charge in [-0.25, -0.2) is 19.2 Å². The SMILES string of the molecule is CC1C(C(=O)O)=C(N=C=O)C=CC1(N=C=O)C(=O)O. The first-order valence-electron chi connectivity index (χ1n) is 4.97. The number of carboxylic acids is 2. The smallest absolute Gasteiger partial charge is 0.337 e. The molecule has 0 amide bonds. The van der Waals surface area contributed by atoms with E-state index in [-0.39, 0.29) is 5.70 Å². The lowest BCUT2D eigenvalue weighted by atomic mass is 9.76. The minimum atomic E-state index is -2.07. The molecule has 0 aromatic rings. The fourth-order valence-corrected chi connectivity index (χ4v) is 1.84. The van der Waals surface area contributed by atoms with E-state index in [1.807, 2.05) is 0 Å². The normalized spacial score (nSPS) is 25.2. The second-order valence-electron chi connectivity index (χ2n) is 3.70. The van der Waals surface area contributed by atoms with E-state index in [4.69, 9.17) is 10.2 Å². The van der Waals surface area contributed by atoms with Crippen molar-refractivity contribution in [3.8, 4) is 0 Å². The highest BCUT2D eigenvalue weighted by Gasteiger charge is 2.48. The standard InChI is InChI=1S/C11H8N2O6/c1-6-8(9(16)17)7(12-4-14)2-3-11(6,10(18)19)13-5-15/h2-3,6H,1H3,(H,16,17)(H,18,19). The average Bonchev–Trinajstić information content (AvgIpc) is 2.32. The van der Waals surface area contributed by atoms with Gasteiger partial charge in [-0.3, -0.25) is 0 Å².